The van der Waals surface area contributed by atoms with E-state index < -0.39 is 11.5 Å². The van der Waals surface area contributed by atoms with Crippen molar-refractivity contribution in [2.45, 2.75) is 56.9 Å². The third-order valence-corrected chi connectivity index (χ3v) is 4.83. The zero-order valence-electron chi connectivity index (χ0n) is 15.0. The summed E-state index contributed by atoms with van der Waals surface area (Å²) in [6.45, 7) is 0. The Kier molecular flexibility index (Phi) is 6.67. The highest BCUT2D eigenvalue weighted by Crippen LogP contribution is 2.29. The summed E-state index contributed by atoms with van der Waals surface area (Å²) in [7, 11) is 3.14. The van der Waals surface area contributed by atoms with Gasteiger partial charge in [0.2, 0.25) is 5.91 Å². The van der Waals surface area contributed by atoms with Gasteiger partial charge in [-0.3, -0.25) is 4.79 Å². The minimum atomic E-state index is -1.11. The van der Waals surface area contributed by atoms with E-state index in [1.54, 1.807) is 20.3 Å². The van der Waals surface area contributed by atoms with Crippen LogP contribution in [0.3, 0.4) is 0 Å². The molecule has 1 saturated carbocycles. The van der Waals surface area contributed by atoms with Crippen LogP contribution in [0.1, 0.15) is 50.5 Å². The van der Waals surface area contributed by atoms with Crippen molar-refractivity contribution in [3.63, 3.8) is 0 Å². The van der Waals surface area contributed by atoms with Crippen LogP contribution >= 0.6 is 0 Å². The number of carbonyl (C=O) groups is 2. The Morgan fingerprint density at radius 2 is 1.72 bits per heavy atom. The number of aryl methyl sites for hydroxylation is 1. The lowest BCUT2D eigenvalue weighted by atomic mass is 9.90. The first-order valence-corrected chi connectivity index (χ1v) is 8.76. The van der Waals surface area contributed by atoms with Gasteiger partial charge in [0.05, 0.1) is 14.2 Å². The number of carbonyl (C=O) groups excluding carboxylic acids is 1. The summed E-state index contributed by atoms with van der Waals surface area (Å²) < 4.78 is 10.5. The maximum absolute atomic E-state index is 12.4. The first-order chi connectivity index (χ1) is 12.0. The number of methoxy groups -OCH3 is 2. The van der Waals surface area contributed by atoms with Gasteiger partial charge in [-0.25, -0.2) is 4.79 Å². The van der Waals surface area contributed by atoms with Gasteiger partial charge in [0.1, 0.15) is 5.54 Å². The topological polar surface area (TPSA) is 84.9 Å². The van der Waals surface area contributed by atoms with Crippen LogP contribution in [0.4, 0.5) is 0 Å². The normalized spacial score (nSPS) is 16.6. The number of benzene rings is 1. The number of aliphatic carboxylic acids is 1. The Hall–Kier alpha value is -2.24. The van der Waals surface area contributed by atoms with Crippen molar-refractivity contribution in [3.8, 4) is 11.5 Å². The molecular weight excluding hydrogens is 322 g/mol. The number of carboxylic acids is 1. The summed E-state index contributed by atoms with van der Waals surface area (Å²) in [6.07, 6.45) is 5.48. The van der Waals surface area contributed by atoms with Gasteiger partial charge in [-0.15, -0.1) is 0 Å². The second-order valence-electron chi connectivity index (χ2n) is 6.54. The van der Waals surface area contributed by atoms with Gasteiger partial charge in [0.15, 0.2) is 11.5 Å². The Morgan fingerprint density at radius 3 is 2.28 bits per heavy atom. The molecule has 2 rings (SSSR count). The molecule has 0 aliphatic heterocycles. The number of hydrogen-bond acceptors (Lipinski definition) is 4. The van der Waals surface area contributed by atoms with Crippen molar-refractivity contribution < 1.29 is 24.2 Å². The number of amides is 1. The first kappa shape index (κ1) is 19.1. The minimum Gasteiger partial charge on any atom is -0.493 e. The third kappa shape index (κ3) is 4.87. The molecule has 1 amide bonds. The molecule has 0 bridgehead atoms. The average molecular weight is 349 g/mol. The molecule has 6 nitrogen and oxygen atoms in total. The summed E-state index contributed by atoms with van der Waals surface area (Å²) in [5.74, 6) is 0.109. The summed E-state index contributed by atoms with van der Waals surface area (Å²) in [6, 6.07) is 5.52. The molecule has 0 atom stereocenters. The smallest absolute Gasteiger partial charge is 0.329 e. The number of rotatable bonds is 7. The molecule has 0 spiro atoms. The quantitative estimate of drug-likeness (QED) is 0.739. The van der Waals surface area contributed by atoms with E-state index in [1.807, 2.05) is 12.1 Å². The second kappa shape index (κ2) is 8.74. The van der Waals surface area contributed by atoms with Crippen LogP contribution in [-0.4, -0.2) is 36.7 Å². The standard InChI is InChI=1S/C19H27NO5/c1-24-15-9-7-14(13-16(15)25-2)8-10-17(21)20-19(18(22)23)11-5-3-4-6-12-19/h7,9,13H,3-6,8,10-12H2,1-2H3,(H,20,21)(H,22,23). The lowest BCUT2D eigenvalue weighted by Gasteiger charge is -2.29. The van der Waals surface area contributed by atoms with Gasteiger partial charge in [0, 0.05) is 6.42 Å². The van der Waals surface area contributed by atoms with Crippen LogP contribution in [0, 0.1) is 0 Å². The molecule has 1 aliphatic carbocycles. The largest absolute Gasteiger partial charge is 0.493 e. The molecule has 1 fully saturated rings. The lowest BCUT2D eigenvalue weighted by Crippen LogP contribution is -2.54. The molecular formula is C19H27NO5. The lowest BCUT2D eigenvalue weighted by molar-refractivity contribution is -0.148. The van der Waals surface area contributed by atoms with Crippen LogP contribution < -0.4 is 14.8 Å². The maximum Gasteiger partial charge on any atom is 0.329 e. The molecule has 2 N–H and O–H groups in total. The van der Waals surface area contributed by atoms with Crippen LogP contribution in [0.15, 0.2) is 18.2 Å². The van der Waals surface area contributed by atoms with Crippen LogP contribution in [0.25, 0.3) is 0 Å². The van der Waals surface area contributed by atoms with E-state index in [0.29, 0.717) is 30.8 Å². The molecule has 0 aromatic heterocycles. The van der Waals surface area contributed by atoms with Crippen molar-refractivity contribution in [3.05, 3.63) is 23.8 Å². The Labute approximate surface area is 148 Å². The van der Waals surface area contributed by atoms with Gasteiger partial charge in [-0.2, -0.15) is 0 Å². The summed E-state index contributed by atoms with van der Waals surface area (Å²) in [4.78, 5) is 24.1. The molecule has 25 heavy (non-hydrogen) atoms. The van der Waals surface area contributed by atoms with Gasteiger partial charge in [0.25, 0.3) is 0 Å². The molecule has 138 valence electrons. The Morgan fingerprint density at radius 1 is 1.08 bits per heavy atom. The minimum absolute atomic E-state index is 0.223. The summed E-state index contributed by atoms with van der Waals surface area (Å²) >= 11 is 0. The van der Waals surface area contributed by atoms with Crippen LogP contribution in [0.2, 0.25) is 0 Å². The van der Waals surface area contributed by atoms with E-state index in [-0.39, 0.29) is 12.3 Å². The first-order valence-electron chi connectivity index (χ1n) is 8.76. The number of nitrogens with one attached hydrogen (secondary N) is 1. The second-order valence-corrected chi connectivity index (χ2v) is 6.54. The third-order valence-electron chi connectivity index (χ3n) is 4.83. The van der Waals surface area contributed by atoms with Crippen molar-refractivity contribution in [2.24, 2.45) is 0 Å². The van der Waals surface area contributed by atoms with Crippen molar-refractivity contribution in [1.82, 2.24) is 5.32 Å². The van der Waals surface area contributed by atoms with Crippen molar-refractivity contribution >= 4 is 11.9 Å². The number of carboxylic acid groups (broad SMARTS) is 1. The highest BCUT2D eigenvalue weighted by molar-refractivity contribution is 5.87. The van der Waals surface area contributed by atoms with Gasteiger partial charge >= 0.3 is 5.97 Å². The number of ether oxygens (including phenoxy) is 2. The van der Waals surface area contributed by atoms with Crippen molar-refractivity contribution in [1.29, 1.82) is 0 Å². The zero-order chi connectivity index (χ0) is 18.3. The Bertz CT molecular complexity index is 606. The highest BCUT2D eigenvalue weighted by Gasteiger charge is 2.39. The Balaban J connectivity index is 1.98. The molecule has 0 unspecified atom stereocenters. The predicted molar refractivity (Wildman–Crippen MR) is 94.1 cm³/mol. The summed E-state index contributed by atoms with van der Waals surface area (Å²) in [5, 5.41) is 12.4. The van der Waals surface area contributed by atoms with Crippen molar-refractivity contribution in [2.75, 3.05) is 14.2 Å². The molecule has 1 aromatic carbocycles. The fourth-order valence-corrected chi connectivity index (χ4v) is 3.35. The van der Waals surface area contributed by atoms with E-state index in [0.717, 1.165) is 31.2 Å². The highest BCUT2D eigenvalue weighted by atomic mass is 16.5. The molecule has 1 aromatic rings. The maximum atomic E-state index is 12.4. The fourth-order valence-electron chi connectivity index (χ4n) is 3.35. The van der Waals surface area contributed by atoms with Crippen LogP contribution in [0.5, 0.6) is 11.5 Å². The fraction of sp³-hybridized carbons (Fsp3) is 0.579. The van der Waals surface area contributed by atoms with E-state index in [2.05, 4.69) is 5.32 Å². The molecule has 1 aliphatic rings. The SMILES string of the molecule is COc1ccc(CCC(=O)NC2(C(=O)O)CCCCCC2)cc1OC. The van der Waals surface area contributed by atoms with E-state index in [4.69, 9.17) is 9.47 Å². The molecule has 0 saturated heterocycles. The monoisotopic (exact) mass is 349 g/mol. The van der Waals surface area contributed by atoms with E-state index in [1.165, 1.54) is 0 Å². The van der Waals surface area contributed by atoms with E-state index in [9.17, 15) is 14.7 Å². The van der Waals surface area contributed by atoms with Gasteiger partial charge in [-0.05, 0) is 37.0 Å². The van der Waals surface area contributed by atoms with Gasteiger partial charge < -0.3 is 19.9 Å². The van der Waals surface area contributed by atoms with Crippen LogP contribution in [-0.2, 0) is 16.0 Å². The molecule has 6 heteroatoms. The zero-order valence-corrected chi connectivity index (χ0v) is 15.0. The molecule has 0 heterocycles. The molecule has 0 radical (unpaired) electrons. The average Bonchev–Trinajstić information content (AvgIpc) is 2.86. The van der Waals surface area contributed by atoms with Gasteiger partial charge in [-0.1, -0.05) is 31.7 Å². The predicted octanol–water partition coefficient (Wildman–Crippen LogP) is 2.93. The summed E-state index contributed by atoms with van der Waals surface area (Å²) in [5.41, 5.74) is -0.163. The number of hydrogen-bond donors (Lipinski definition) is 2. The van der Waals surface area contributed by atoms with E-state index >= 15 is 0 Å².